The number of likely N-dealkylation sites (N-methyl/N-ethyl adjacent to an activating group) is 1. The summed E-state index contributed by atoms with van der Waals surface area (Å²) in [4.78, 5) is 2.06. The second-order valence-corrected chi connectivity index (χ2v) is 4.48. The fourth-order valence-corrected chi connectivity index (χ4v) is 2.27. The van der Waals surface area contributed by atoms with Gasteiger partial charge in [-0.2, -0.15) is 5.26 Å². The number of rotatable bonds is 4. The Morgan fingerprint density at radius 3 is 2.94 bits per heavy atom. The fourth-order valence-electron chi connectivity index (χ4n) is 2.27. The molecule has 0 spiro atoms. The highest BCUT2D eigenvalue weighted by atomic mass is 19.1. The molecule has 1 unspecified atom stereocenters. The number of benzene rings is 1. The van der Waals surface area contributed by atoms with E-state index >= 15 is 0 Å². The molecule has 0 bridgehead atoms. The molecule has 1 saturated heterocycles. The van der Waals surface area contributed by atoms with Crippen molar-refractivity contribution >= 4 is 5.69 Å². The predicted molar refractivity (Wildman–Crippen MR) is 68.0 cm³/mol. The summed E-state index contributed by atoms with van der Waals surface area (Å²) < 4.78 is 19.0. The molecule has 1 atom stereocenters. The van der Waals surface area contributed by atoms with Crippen LogP contribution in [-0.4, -0.2) is 25.8 Å². The van der Waals surface area contributed by atoms with Crippen LogP contribution in [0.2, 0.25) is 0 Å². The van der Waals surface area contributed by atoms with Crippen molar-refractivity contribution in [2.45, 2.75) is 25.9 Å². The zero-order chi connectivity index (χ0) is 13.0. The van der Waals surface area contributed by atoms with E-state index in [9.17, 15) is 4.39 Å². The van der Waals surface area contributed by atoms with E-state index in [1.807, 2.05) is 13.0 Å². The summed E-state index contributed by atoms with van der Waals surface area (Å²) >= 11 is 0. The number of anilines is 1. The highest BCUT2D eigenvalue weighted by Crippen LogP contribution is 2.21. The van der Waals surface area contributed by atoms with E-state index < -0.39 is 0 Å². The van der Waals surface area contributed by atoms with E-state index in [1.54, 1.807) is 6.07 Å². The Hall–Kier alpha value is -1.60. The van der Waals surface area contributed by atoms with Crippen molar-refractivity contribution in [2.75, 3.05) is 24.6 Å². The summed E-state index contributed by atoms with van der Waals surface area (Å²) in [5, 5.41) is 8.87. The van der Waals surface area contributed by atoms with Crippen molar-refractivity contribution < 1.29 is 9.13 Å². The molecule has 3 nitrogen and oxygen atoms in total. The Balaban J connectivity index is 2.15. The van der Waals surface area contributed by atoms with Crippen LogP contribution >= 0.6 is 0 Å². The summed E-state index contributed by atoms with van der Waals surface area (Å²) in [7, 11) is 0. The molecule has 0 aromatic heterocycles. The molecule has 96 valence electrons. The molecule has 0 amide bonds. The molecule has 0 radical (unpaired) electrons. The average Bonchev–Trinajstić information content (AvgIpc) is 2.88. The van der Waals surface area contributed by atoms with Crippen LogP contribution < -0.4 is 4.90 Å². The molecular weight excluding hydrogens is 231 g/mol. The molecule has 0 N–H and O–H groups in total. The van der Waals surface area contributed by atoms with Gasteiger partial charge < -0.3 is 9.64 Å². The Kier molecular flexibility index (Phi) is 4.16. The number of nitriles is 1. The van der Waals surface area contributed by atoms with Crippen LogP contribution in [0, 0.1) is 17.1 Å². The summed E-state index contributed by atoms with van der Waals surface area (Å²) in [6.45, 7) is 4.36. The number of halogens is 1. The summed E-state index contributed by atoms with van der Waals surface area (Å²) in [6, 6.07) is 6.43. The SMILES string of the molecule is CCN(CC1CCCO1)c1cc(F)cc(C#N)c1. The van der Waals surface area contributed by atoms with E-state index in [-0.39, 0.29) is 11.9 Å². The van der Waals surface area contributed by atoms with E-state index in [0.29, 0.717) is 5.56 Å². The third-order valence-electron chi connectivity index (χ3n) is 3.21. The zero-order valence-electron chi connectivity index (χ0n) is 10.5. The molecule has 2 rings (SSSR count). The lowest BCUT2D eigenvalue weighted by molar-refractivity contribution is 0.115. The fraction of sp³-hybridized carbons (Fsp3) is 0.500. The van der Waals surface area contributed by atoms with E-state index in [4.69, 9.17) is 10.00 Å². The van der Waals surface area contributed by atoms with Gasteiger partial charge in [0.05, 0.1) is 17.7 Å². The minimum Gasteiger partial charge on any atom is -0.376 e. The maximum atomic E-state index is 13.4. The quantitative estimate of drug-likeness (QED) is 0.822. The predicted octanol–water partition coefficient (Wildman–Crippen LogP) is 2.70. The van der Waals surface area contributed by atoms with Gasteiger partial charge in [-0.25, -0.2) is 4.39 Å². The maximum absolute atomic E-state index is 13.4. The van der Waals surface area contributed by atoms with Gasteiger partial charge in [-0.3, -0.25) is 0 Å². The van der Waals surface area contributed by atoms with Crippen LogP contribution in [-0.2, 0) is 4.74 Å². The van der Waals surface area contributed by atoms with Crippen molar-refractivity contribution in [1.29, 1.82) is 5.26 Å². The third kappa shape index (κ3) is 2.99. The van der Waals surface area contributed by atoms with Gasteiger partial charge in [0.2, 0.25) is 0 Å². The van der Waals surface area contributed by atoms with Crippen molar-refractivity contribution in [1.82, 2.24) is 0 Å². The summed E-state index contributed by atoms with van der Waals surface area (Å²) in [5.74, 6) is -0.366. The molecule has 1 fully saturated rings. The standard InChI is InChI=1S/C14H17FN2O/c1-2-17(10-14-4-3-5-18-14)13-7-11(9-16)6-12(15)8-13/h6-8,14H,2-5,10H2,1H3. The average molecular weight is 248 g/mol. The monoisotopic (exact) mass is 248 g/mol. The largest absolute Gasteiger partial charge is 0.376 e. The molecule has 18 heavy (non-hydrogen) atoms. The summed E-state index contributed by atoms with van der Waals surface area (Å²) in [6.07, 6.45) is 2.37. The topological polar surface area (TPSA) is 36.3 Å². The van der Waals surface area contributed by atoms with Crippen molar-refractivity contribution in [3.8, 4) is 6.07 Å². The smallest absolute Gasteiger partial charge is 0.126 e. The first kappa shape index (κ1) is 12.8. The first-order valence-corrected chi connectivity index (χ1v) is 6.30. The molecule has 1 aromatic rings. The normalized spacial score (nSPS) is 18.6. The van der Waals surface area contributed by atoms with Gasteiger partial charge in [0.15, 0.2) is 0 Å². The van der Waals surface area contributed by atoms with Crippen LogP contribution in [0.3, 0.4) is 0 Å². The number of ether oxygens (including phenoxy) is 1. The Morgan fingerprint density at radius 1 is 1.50 bits per heavy atom. The molecule has 1 aromatic carbocycles. The van der Waals surface area contributed by atoms with Gasteiger partial charge in [0, 0.05) is 25.4 Å². The molecule has 0 aliphatic carbocycles. The highest BCUT2D eigenvalue weighted by Gasteiger charge is 2.19. The van der Waals surface area contributed by atoms with E-state index in [0.717, 1.165) is 38.2 Å². The molecule has 1 heterocycles. The zero-order valence-corrected chi connectivity index (χ0v) is 10.5. The van der Waals surface area contributed by atoms with Crippen LogP contribution in [0.5, 0.6) is 0 Å². The maximum Gasteiger partial charge on any atom is 0.126 e. The van der Waals surface area contributed by atoms with Gasteiger partial charge in [-0.1, -0.05) is 0 Å². The lowest BCUT2D eigenvalue weighted by Crippen LogP contribution is -2.32. The van der Waals surface area contributed by atoms with Gasteiger partial charge in [-0.15, -0.1) is 0 Å². The number of hydrogen-bond donors (Lipinski definition) is 0. The lowest BCUT2D eigenvalue weighted by Gasteiger charge is -2.26. The molecule has 0 saturated carbocycles. The van der Waals surface area contributed by atoms with E-state index in [1.165, 1.54) is 12.1 Å². The van der Waals surface area contributed by atoms with Gasteiger partial charge in [0.25, 0.3) is 0 Å². The van der Waals surface area contributed by atoms with E-state index in [2.05, 4.69) is 4.90 Å². The lowest BCUT2D eigenvalue weighted by atomic mass is 10.1. The first-order chi connectivity index (χ1) is 8.72. The van der Waals surface area contributed by atoms with Crippen molar-refractivity contribution in [3.05, 3.63) is 29.6 Å². The van der Waals surface area contributed by atoms with Crippen LogP contribution in [0.15, 0.2) is 18.2 Å². The van der Waals surface area contributed by atoms with Crippen molar-refractivity contribution in [2.24, 2.45) is 0 Å². The van der Waals surface area contributed by atoms with Gasteiger partial charge in [-0.05, 0) is 38.0 Å². The first-order valence-electron chi connectivity index (χ1n) is 6.30. The molecule has 4 heteroatoms. The molecular formula is C14H17FN2O. The Morgan fingerprint density at radius 2 is 2.33 bits per heavy atom. The van der Waals surface area contributed by atoms with Crippen LogP contribution in [0.1, 0.15) is 25.3 Å². The second-order valence-electron chi connectivity index (χ2n) is 4.48. The Labute approximate surface area is 107 Å². The highest BCUT2D eigenvalue weighted by molar-refractivity contribution is 5.52. The van der Waals surface area contributed by atoms with Gasteiger partial charge in [0.1, 0.15) is 5.82 Å². The summed E-state index contributed by atoms with van der Waals surface area (Å²) in [5.41, 5.74) is 1.11. The third-order valence-corrected chi connectivity index (χ3v) is 3.21. The van der Waals surface area contributed by atoms with Crippen molar-refractivity contribution in [3.63, 3.8) is 0 Å². The minimum atomic E-state index is -0.366. The minimum absolute atomic E-state index is 0.221. The number of hydrogen-bond acceptors (Lipinski definition) is 3. The van der Waals surface area contributed by atoms with Crippen LogP contribution in [0.4, 0.5) is 10.1 Å². The number of nitrogens with zero attached hydrogens (tertiary/aromatic N) is 2. The van der Waals surface area contributed by atoms with Crippen LogP contribution in [0.25, 0.3) is 0 Å². The molecule has 1 aliphatic rings. The second kappa shape index (κ2) is 5.83. The van der Waals surface area contributed by atoms with Gasteiger partial charge >= 0.3 is 0 Å². The molecule has 1 aliphatic heterocycles. The Bertz CT molecular complexity index is 450.